The second kappa shape index (κ2) is 5.26. The average Bonchev–Trinajstić information content (AvgIpc) is 2.49. The Bertz CT molecular complexity index is 514. The van der Waals surface area contributed by atoms with Crippen LogP contribution in [0.25, 0.3) is 0 Å². The van der Waals surface area contributed by atoms with Gasteiger partial charge >= 0.3 is 10.2 Å². The molecule has 100 valence electrons. The Hall–Kier alpha value is -1.11. The molecule has 0 fully saturated rings. The smallest absolute Gasteiger partial charge is 0.301 e. The molecule has 5 nitrogen and oxygen atoms in total. The highest BCUT2D eigenvalue weighted by Gasteiger charge is 2.26. The minimum Gasteiger partial charge on any atom is -0.311 e. The van der Waals surface area contributed by atoms with Crippen molar-refractivity contribution in [2.24, 2.45) is 0 Å². The minimum atomic E-state index is -3.48. The SMILES string of the molecule is CC(C)NS(=O)(=O)N1CCNCc2ccccc21. The molecule has 6 heteroatoms. The van der Waals surface area contributed by atoms with Crippen LogP contribution in [-0.2, 0) is 16.8 Å². The number of hydrogen-bond donors (Lipinski definition) is 2. The molecule has 0 radical (unpaired) electrons. The monoisotopic (exact) mass is 269 g/mol. The molecule has 1 aliphatic rings. The number of anilines is 1. The number of rotatable bonds is 3. The van der Waals surface area contributed by atoms with Gasteiger partial charge in [0.2, 0.25) is 0 Å². The van der Waals surface area contributed by atoms with Gasteiger partial charge in [-0.1, -0.05) is 18.2 Å². The largest absolute Gasteiger partial charge is 0.311 e. The maximum atomic E-state index is 12.3. The van der Waals surface area contributed by atoms with E-state index in [4.69, 9.17) is 0 Å². The van der Waals surface area contributed by atoms with Crippen molar-refractivity contribution in [1.29, 1.82) is 0 Å². The van der Waals surface area contributed by atoms with Crippen LogP contribution in [0.3, 0.4) is 0 Å². The minimum absolute atomic E-state index is 0.113. The molecule has 1 aromatic carbocycles. The molecule has 0 aromatic heterocycles. The van der Waals surface area contributed by atoms with Gasteiger partial charge in [-0.15, -0.1) is 0 Å². The summed E-state index contributed by atoms with van der Waals surface area (Å²) >= 11 is 0. The highest BCUT2D eigenvalue weighted by molar-refractivity contribution is 7.90. The lowest BCUT2D eigenvalue weighted by molar-refractivity contribution is 0.563. The predicted molar refractivity (Wildman–Crippen MR) is 72.7 cm³/mol. The molecular weight excluding hydrogens is 250 g/mol. The Balaban J connectivity index is 2.39. The average molecular weight is 269 g/mol. The van der Waals surface area contributed by atoms with Crippen LogP contribution in [0.2, 0.25) is 0 Å². The van der Waals surface area contributed by atoms with Crippen molar-refractivity contribution < 1.29 is 8.42 Å². The lowest BCUT2D eigenvalue weighted by Crippen LogP contribution is -2.45. The predicted octanol–water partition coefficient (Wildman–Crippen LogP) is 0.839. The Morgan fingerprint density at radius 3 is 2.78 bits per heavy atom. The molecule has 0 atom stereocenters. The topological polar surface area (TPSA) is 61.4 Å². The molecule has 1 aliphatic heterocycles. The molecule has 0 aliphatic carbocycles. The molecule has 1 aromatic rings. The molecule has 2 N–H and O–H groups in total. The number of benzene rings is 1. The number of fused-ring (bicyclic) bond motifs is 1. The quantitative estimate of drug-likeness (QED) is 0.855. The van der Waals surface area contributed by atoms with Crippen LogP contribution in [0, 0.1) is 0 Å². The molecule has 0 unspecified atom stereocenters. The van der Waals surface area contributed by atoms with Crippen molar-refractivity contribution >= 4 is 15.9 Å². The fourth-order valence-corrected chi connectivity index (χ4v) is 3.53. The summed E-state index contributed by atoms with van der Waals surface area (Å²) in [6.45, 7) is 5.43. The molecule has 0 saturated carbocycles. The Morgan fingerprint density at radius 1 is 1.33 bits per heavy atom. The fourth-order valence-electron chi connectivity index (χ4n) is 2.04. The second-order valence-electron chi connectivity index (χ2n) is 4.66. The fraction of sp³-hybridized carbons (Fsp3) is 0.500. The first-order chi connectivity index (χ1) is 8.50. The van der Waals surface area contributed by atoms with Gasteiger partial charge in [-0.05, 0) is 25.5 Å². The molecule has 0 saturated heterocycles. The van der Waals surface area contributed by atoms with Gasteiger partial charge in [0.1, 0.15) is 0 Å². The van der Waals surface area contributed by atoms with E-state index in [0.29, 0.717) is 19.6 Å². The van der Waals surface area contributed by atoms with E-state index in [0.717, 1.165) is 11.3 Å². The number of para-hydroxylation sites is 1. The van der Waals surface area contributed by atoms with E-state index in [2.05, 4.69) is 10.0 Å². The van der Waals surface area contributed by atoms with Crippen LogP contribution >= 0.6 is 0 Å². The maximum Gasteiger partial charge on any atom is 0.301 e. The summed E-state index contributed by atoms with van der Waals surface area (Å²) in [5.41, 5.74) is 1.76. The van der Waals surface area contributed by atoms with Crippen LogP contribution in [-0.4, -0.2) is 27.5 Å². The number of nitrogens with one attached hydrogen (secondary N) is 2. The van der Waals surface area contributed by atoms with Crippen molar-refractivity contribution in [2.45, 2.75) is 26.4 Å². The molecule has 0 amide bonds. The highest BCUT2D eigenvalue weighted by Crippen LogP contribution is 2.24. The molecule has 18 heavy (non-hydrogen) atoms. The third kappa shape index (κ3) is 2.82. The summed E-state index contributed by atoms with van der Waals surface area (Å²) < 4.78 is 28.7. The van der Waals surface area contributed by atoms with E-state index in [1.165, 1.54) is 4.31 Å². The van der Waals surface area contributed by atoms with Crippen molar-refractivity contribution in [2.75, 3.05) is 17.4 Å². The van der Waals surface area contributed by atoms with Gasteiger partial charge in [0.05, 0.1) is 5.69 Å². The Labute approximate surface area is 108 Å². The zero-order valence-corrected chi connectivity index (χ0v) is 11.5. The zero-order valence-electron chi connectivity index (χ0n) is 10.7. The molecule has 0 spiro atoms. The summed E-state index contributed by atoms with van der Waals surface area (Å²) in [7, 11) is -3.48. The number of hydrogen-bond acceptors (Lipinski definition) is 3. The Morgan fingerprint density at radius 2 is 2.06 bits per heavy atom. The maximum absolute atomic E-state index is 12.3. The first kappa shape index (κ1) is 13.3. The highest BCUT2D eigenvalue weighted by atomic mass is 32.2. The van der Waals surface area contributed by atoms with Crippen LogP contribution in [0.15, 0.2) is 24.3 Å². The van der Waals surface area contributed by atoms with Gasteiger partial charge in [0, 0.05) is 25.7 Å². The van der Waals surface area contributed by atoms with Crippen molar-refractivity contribution in [3.8, 4) is 0 Å². The molecule has 2 rings (SSSR count). The van der Waals surface area contributed by atoms with Crippen molar-refractivity contribution in [3.63, 3.8) is 0 Å². The van der Waals surface area contributed by atoms with E-state index in [1.54, 1.807) is 0 Å². The first-order valence-corrected chi connectivity index (χ1v) is 7.53. The second-order valence-corrected chi connectivity index (χ2v) is 6.28. The van der Waals surface area contributed by atoms with Crippen LogP contribution < -0.4 is 14.3 Å². The van der Waals surface area contributed by atoms with E-state index in [1.807, 2.05) is 38.1 Å². The summed E-state index contributed by atoms with van der Waals surface area (Å²) in [5, 5.41) is 3.22. The van der Waals surface area contributed by atoms with Crippen molar-refractivity contribution in [3.05, 3.63) is 29.8 Å². The van der Waals surface area contributed by atoms with Gasteiger partial charge in [0.25, 0.3) is 0 Å². The van der Waals surface area contributed by atoms with Gasteiger partial charge in [-0.3, -0.25) is 4.31 Å². The number of nitrogens with zero attached hydrogens (tertiary/aromatic N) is 1. The van der Waals surface area contributed by atoms with Crippen LogP contribution in [0.5, 0.6) is 0 Å². The van der Waals surface area contributed by atoms with Gasteiger partial charge < -0.3 is 5.32 Å². The van der Waals surface area contributed by atoms with Gasteiger partial charge in [-0.2, -0.15) is 13.1 Å². The lowest BCUT2D eigenvalue weighted by Gasteiger charge is -2.25. The van der Waals surface area contributed by atoms with E-state index >= 15 is 0 Å². The molecular formula is C12H19N3O2S. The summed E-state index contributed by atoms with van der Waals surface area (Å²) in [6, 6.07) is 7.47. The zero-order chi connectivity index (χ0) is 13.2. The van der Waals surface area contributed by atoms with E-state index in [9.17, 15) is 8.42 Å². The third-order valence-electron chi connectivity index (χ3n) is 2.74. The normalized spacial score (nSPS) is 16.5. The molecule has 0 bridgehead atoms. The standard InChI is InChI=1S/C12H19N3O2S/c1-10(2)14-18(16,17)15-8-7-13-9-11-5-3-4-6-12(11)15/h3-6,10,13-14H,7-9H2,1-2H3. The summed E-state index contributed by atoms with van der Waals surface area (Å²) in [5.74, 6) is 0. The molecule has 1 heterocycles. The van der Waals surface area contributed by atoms with Gasteiger partial charge in [0.15, 0.2) is 0 Å². The van der Waals surface area contributed by atoms with E-state index < -0.39 is 10.2 Å². The third-order valence-corrected chi connectivity index (χ3v) is 4.47. The van der Waals surface area contributed by atoms with E-state index in [-0.39, 0.29) is 6.04 Å². The van der Waals surface area contributed by atoms with Gasteiger partial charge in [-0.25, -0.2) is 0 Å². The first-order valence-electron chi connectivity index (χ1n) is 6.09. The summed E-state index contributed by atoms with van der Waals surface area (Å²) in [4.78, 5) is 0. The van der Waals surface area contributed by atoms with Crippen molar-refractivity contribution in [1.82, 2.24) is 10.0 Å². The lowest BCUT2D eigenvalue weighted by atomic mass is 10.2. The Kier molecular flexibility index (Phi) is 3.89. The van der Waals surface area contributed by atoms with Crippen LogP contribution in [0.1, 0.15) is 19.4 Å². The van der Waals surface area contributed by atoms with Crippen LogP contribution in [0.4, 0.5) is 5.69 Å². The summed E-state index contributed by atoms with van der Waals surface area (Å²) in [6.07, 6.45) is 0.